The van der Waals surface area contributed by atoms with Crippen LogP contribution in [-0.4, -0.2) is 52.1 Å². The Labute approximate surface area is 158 Å². The van der Waals surface area contributed by atoms with E-state index in [1.165, 1.54) is 11.8 Å². The summed E-state index contributed by atoms with van der Waals surface area (Å²) in [6.45, 7) is 7.16. The minimum absolute atomic E-state index is 0.0239. The molecule has 2 N–H and O–H groups in total. The molecule has 0 bridgehead atoms. The topological polar surface area (TPSA) is 91.4 Å². The van der Waals surface area contributed by atoms with Gasteiger partial charge in [-0.05, 0) is 45.7 Å². The fraction of sp³-hybridized carbons (Fsp3) is 0.556. The average molecular weight is 378 g/mol. The zero-order valence-electron chi connectivity index (χ0n) is 15.5. The van der Waals surface area contributed by atoms with Gasteiger partial charge in [0.15, 0.2) is 0 Å². The SMILES string of the molecule is CC(C)(C)NC(=O)NC(=O)CCSc1ccc(C(=O)N2CCCC2)cn1. The van der Waals surface area contributed by atoms with Crippen LogP contribution in [-0.2, 0) is 4.79 Å². The highest BCUT2D eigenvalue weighted by atomic mass is 32.2. The molecule has 4 amide bonds. The Morgan fingerprint density at radius 3 is 2.46 bits per heavy atom. The van der Waals surface area contributed by atoms with Crippen molar-refractivity contribution in [1.29, 1.82) is 0 Å². The van der Waals surface area contributed by atoms with Crippen molar-refractivity contribution in [3.63, 3.8) is 0 Å². The first-order valence-corrected chi connectivity index (χ1v) is 9.73. The molecular weight excluding hydrogens is 352 g/mol. The lowest BCUT2D eigenvalue weighted by molar-refractivity contribution is -0.119. The number of nitrogens with one attached hydrogen (secondary N) is 2. The van der Waals surface area contributed by atoms with E-state index in [4.69, 9.17) is 0 Å². The second-order valence-electron chi connectivity index (χ2n) is 7.24. The van der Waals surface area contributed by atoms with Crippen LogP contribution in [0.2, 0.25) is 0 Å². The molecule has 1 aromatic heterocycles. The predicted octanol–water partition coefficient (Wildman–Crippen LogP) is 2.42. The normalized spacial score (nSPS) is 14.2. The second-order valence-corrected chi connectivity index (χ2v) is 8.35. The average Bonchev–Trinajstić information content (AvgIpc) is 3.07. The summed E-state index contributed by atoms with van der Waals surface area (Å²) in [6.07, 6.45) is 3.91. The summed E-state index contributed by atoms with van der Waals surface area (Å²) in [6, 6.07) is 3.07. The molecule has 1 fully saturated rings. The monoisotopic (exact) mass is 378 g/mol. The van der Waals surface area contributed by atoms with Crippen LogP contribution in [0.5, 0.6) is 0 Å². The molecule has 2 rings (SSSR count). The van der Waals surface area contributed by atoms with Gasteiger partial charge in [-0.15, -0.1) is 11.8 Å². The zero-order chi connectivity index (χ0) is 19.2. The van der Waals surface area contributed by atoms with Gasteiger partial charge < -0.3 is 10.2 Å². The summed E-state index contributed by atoms with van der Waals surface area (Å²) < 4.78 is 0. The van der Waals surface area contributed by atoms with E-state index in [1.54, 1.807) is 18.3 Å². The standard InChI is InChI=1S/C18H26N4O3S/c1-18(2,3)21-17(25)20-14(23)8-11-26-15-7-6-13(12-19-15)16(24)22-9-4-5-10-22/h6-7,12H,4-5,8-11H2,1-3H3,(H2,20,21,23,25). The molecule has 1 aliphatic rings. The van der Waals surface area contributed by atoms with E-state index in [2.05, 4.69) is 15.6 Å². The Kier molecular flexibility index (Phi) is 7.02. The first-order chi connectivity index (χ1) is 12.2. The number of rotatable bonds is 5. The number of pyridine rings is 1. The van der Waals surface area contributed by atoms with Gasteiger partial charge in [0.05, 0.1) is 10.6 Å². The third-order valence-electron chi connectivity index (χ3n) is 3.70. The Morgan fingerprint density at radius 1 is 1.19 bits per heavy atom. The maximum absolute atomic E-state index is 12.3. The van der Waals surface area contributed by atoms with Gasteiger partial charge >= 0.3 is 6.03 Å². The van der Waals surface area contributed by atoms with Gasteiger partial charge in [-0.1, -0.05) is 0 Å². The third-order valence-corrected chi connectivity index (χ3v) is 4.64. The van der Waals surface area contributed by atoms with Crippen molar-refractivity contribution < 1.29 is 14.4 Å². The summed E-state index contributed by atoms with van der Waals surface area (Å²) >= 11 is 1.41. The Hall–Kier alpha value is -2.09. The van der Waals surface area contributed by atoms with Crippen LogP contribution in [0.25, 0.3) is 0 Å². The molecule has 142 valence electrons. The quantitative estimate of drug-likeness (QED) is 0.768. The van der Waals surface area contributed by atoms with E-state index in [0.29, 0.717) is 11.3 Å². The van der Waals surface area contributed by atoms with Gasteiger partial charge in [-0.25, -0.2) is 9.78 Å². The molecule has 2 heterocycles. The van der Waals surface area contributed by atoms with Gasteiger partial charge in [0.2, 0.25) is 5.91 Å². The largest absolute Gasteiger partial charge is 0.339 e. The van der Waals surface area contributed by atoms with Crippen molar-refractivity contribution in [3.05, 3.63) is 23.9 Å². The molecule has 0 atom stereocenters. The lowest BCUT2D eigenvalue weighted by Gasteiger charge is -2.20. The van der Waals surface area contributed by atoms with Crippen LogP contribution in [0.4, 0.5) is 4.79 Å². The van der Waals surface area contributed by atoms with E-state index >= 15 is 0 Å². The number of hydrogen-bond donors (Lipinski definition) is 2. The summed E-state index contributed by atoms with van der Waals surface area (Å²) in [5.41, 5.74) is 0.199. The molecule has 0 aliphatic carbocycles. The molecule has 1 saturated heterocycles. The number of carbonyl (C=O) groups excluding carboxylic acids is 3. The van der Waals surface area contributed by atoms with E-state index in [1.807, 2.05) is 25.7 Å². The Bertz CT molecular complexity index is 649. The highest BCUT2D eigenvalue weighted by Gasteiger charge is 2.19. The Balaban J connectivity index is 1.73. The van der Waals surface area contributed by atoms with Gasteiger partial charge in [0, 0.05) is 37.0 Å². The minimum Gasteiger partial charge on any atom is -0.339 e. The number of thioether (sulfide) groups is 1. The van der Waals surface area contributed by atoms with E-state index in [9.17, 15) is 14.4 Å². The number of likely N-dealkylation sites (tertiary alicyclic amines) is 1. The van der Waals surface area contributed by atoms with Crippen LogP contribution in [0, 0.1) is 0 Å². The predicted molar refractivity (Wildman–Crippen MR) is 101 cm³/mol. The number of imide groups is 1. The Morgan fingerprint density at radius 2 is 1.88 bits per heavy atom. The molecule has 1 aromatic rings. The number of hydrogen-bond acceptors (Lipinski definition) is 5. The van der Waals surface area contributed by atoms with Crippen molar-refractivity contribution in [2.24, 2.45) is 0 Å². The van der Waals surface area contributed by atoms with Crippen molar-refractivity contribution in [2.45, 2.75) is 50.6 Å². The molecule has 0 unspecified atom stereocenters. The lowest BCUT2D eigenvalue weighted by atomic mass is 10.1. The highest BCUT2D eigenvalue weighted by Crippen LogP contribution is 2.18. The number of aromatic nitrogens is 1. The van der Waals surface area contributed by atoms with Gasteiger partial charge in [-0.2, -0.15) is 0 Å². The summed E-state index contributed by atoms with van der Waals surface area (Å²) in [4.78, 5) is 41.8. The zero-order valence-corrected chi connectivity index (χ0v) is 16.3. The van der Waals surface area contributed by atoms with Crippen LogP contribution in [0.15, 0.2) is 23.4 Å². The van der Waals surface area contributed by atoms with Crippen molar-refractivity contribution in [1.82, 2.24) is 20.5 Å². The van der Waals surface area contributed by atoms with Crippen LogP contribution < -0.4 is 10.6 Å². The first-order valence-electron chi connectivity index (χ1n) is 8.75. The summed E-state index contributed by atoms with van der Waals surface area (Å²) in [5, 5.41) is 5.72. The molecule has 0 spiro atoms. The maximum atomic E-state index is 12.3. The number of amides is 4. The van der Waals surface area contributed by atoms with E-state index < -0.39 is 11.6 Å². The van der Waals surface area contributed by atoms with Crippen LogP contribution in [0.1, 0.15) is 50.4 Å². The lowest BCUT2D eigenvalue weighted by Crippen LogP contribution is -2.48. The molecule has 0 aromatic carbocycles. The fourth-order valence-electron chi connectivity index (χ4n) is 2.50. The number of urea groups is 1. The van der Waals surface area contributed by atoms with Gasteiger partial charge in [0.1, 0.15) is 0 Å². The van der Waals surface area contributed by atoms with Crippen molar-refractivity contribution in [3.8, 4) is 0 Å². The molecule has 0 saturated carbocycles. The van der Waals surface area contributed by atoms with Crippen LogP contribution >= 0.6 is 11.8 Å². The number of nitrogens with zero attached hydrogens (tertiary/aromatic N) is 2. The smallest absolute Gasteiger partial charge is 0.321 e. The van der Waals surface area contributed by atoms with Crippen molar-refractivity contribution >= 4 is 29.6 Å². The van der Waals surface area contributed by atoms with E-state index in [0.717, 1.165) is 31.0 Å². The molecule has 1 aliphatic heterocycles. The highest BCUT2D eigenvalue weighted by molar-refractivity contribution is 7.99. The second kappa shape index (κ2) is 9.02. The molecule has 7 nitrogen and oxygen atoms in total. The molecular formula is C18H26N4O3S. The molecule has 0 radical (unpaired) electrons. The number of carbonyl (C=O) groups is 3. The van der Waals surface area contributed by atoms with Gasteiger partial charge in [0.25, 0.3) is 5.91 Å². The molecule has 26 heavy (non-hydrogen) atoms. The van der Waals surface area contributed by atoms with Gasteiger partial charge in [-0.3, -0.25) is 14.9 Å². The van der Waals surface area contributed by atoms with Crippen molar-refractivity contribution in [2.75, 3.05) is 18.8 Å². The fourth-order valence-corrected chi connectivity index (χ4v) is 3.29. The summed E-state index contributed by atoms with van der Waals surface area (Å²) in [7, 11) is 0. The van der Waals surface area contributed by atoms with E-state index in [-0.39, 0.29) is 18.2 Å². The summed E-state index contributed by atoms with van der Waals surface area (Å²) in [5.74, 6) is 0.192. The first kappa shape index (κ1) is 20.2. The van der Waals surface area contributed by atoms with Crippen LogP contribution in [0.3, 0.4) is 0 Å². The maximum Gasteiger partial charge on any atom is 0.321 e. The molecule has 8 heteroatoms. The minimum atomic E-state index is -0.490. The third kappa shape index (κ3) is 6.67.